The molecular formula is C18H22Cl2N4O3. The molecule has 27 heavy (non-hydrogen) atoms. The van der Waals surface area contributed by atoms with Gasteiger partial charge >= 0.3 is 0 Å². The average molecular weight is 413 g/mol. The number of para-hydroxylation sites is 1. The molecule has 1 fully saturated rings. The molecule has 1 aromatic heterocycles. The largest absolute Gasteiger partial charge is 0.488 e. The summed E-state index contributed by atoms with van der Waals surface area (Å²) in [7, 11) is 1.57. The summed E-state index contributed by atoms with van der Waals surface area (Å²) in [5, 5.41) is 11.2. The molecule has 0 spiro atoms. The van der Waals surface area contributed by atoms with Crippen molar-refractivity contribution in [3.8, 4) is 11.6 Å². The fourth-order valence-corrected chi connectivity index (χ4v) is 3.41. The van der Waals surface area contributed by atoms with Crippen LogP contribution < -0.4 is 14.4 Å². The van der Waals surface area contributed by atoms with Crippen LogP contribution in [-0.4, -0.2) is 72.5 Å². The van der Waals surface area contributed by atoms with Gasteiger partial charge in [0, 0.05) is 32.7 Å². The Labute approximate surface area is 168 Å². The van der Waals surface area contributed by atoms with Gasteiger partial charge in [0.05, 0.1) is 29.5 Å². The van der Waals surface area contributed by atoms with Crippen molar-refractivity contribution in [1.82, 2.24) is 14.9 Å². The van der Waals surface area contributed by atoms with Gasteiger partial charge in [-0.05, 0) is 12.1 Å². The summed E-state index contributed by atoms with van der Waals surface area (Å²) in [5.74, 6) is 1.70. The molecule has 0 aliphatic carbocycles. The van der Waals surface area contributed by atoms with Crippen LogP contribution >= 0.6 is 23.2 Å². The number of halogens is 2. The van der Waals surface area contributed by atoms with E-state index in [0.29, 0.717) is 28.2 Å². The number of β-amino-alcohol motifs (C(OH)–C–C–N with tert-alkyl or cyclic N) is 1. The second-order valence-electron chi connectivity index (χ2n) is 6.22. The molecule has 9 heteroatoms. The summed E-state index contributed by atoms with van der Waals surface area (Å²) >= 11 is 12.1. The van der Waals surface area contributed by atoms with Gasteiger partial charge in [-0.1, -0.05) is 29.3 Å². The quantitative estimate of drug-likeness (QED) is 0.747. The number of piperazine rings is 1. The highest BCUT2D eigenvalue weighted by atomic mass is 35.5. The lowest BCUT2D eigenvalue weighted by Crippen LogP contribution is -2.49. The molecular weight excluding hydrogens is 391 g/mol. The Morgan fingerprint density at radius 3 is 2.52 bits per heavy atom. The van der Waals surface area contributed by atoms with E-state index < -0.39 is 6.10 Å². The van der Waals surface area contributed by atoms with Crippen LogP contribution in [-0.2, 0) is 0 Å². The zero-order valence-electron chi connectivity index (χ0n) is 15.0. The summed E-state index contributed by atoms with van der Waals surface area (Å²) in [5.41, 5.74) is 0. The van der Waals surface area contributed by atoms with E-state index in [1.54, 1.807) is 37.7 Å². The molecule has 0 radical (unpaired) electrons. The predicted octanol–water partition coefficient (Wildman–Crippen LogP) is 2.35. The normalized spacial score (nSPS) is 16.2. The Bertz CT molecular complexity index is 737. The SMILES string of the molecule is COc1cncc(N2CCN(CC(O)COc3c(Cl)cccc3Cl)CC2)n1. The first kappa shape index (κ1) is 19.9. The predicted molar refractivity (Wildman–Crippen MR) is 105 cm³/mol. The minimum atomic E-state index is -0.638. The Morgan fingerprint density at radius 2 is 1.85 bits per heavy atom. The van der Waals surface area contributed by atoms with E-state index in [4.69, 9.17) is 32.7 Å². The highest BCUT2D eigenvalue weighted by molar-refractivity contribution is 6.37. The summed E-state index contributed by atoms with van der Waals surface area (Å²) in [6.45, 7) is 3.86. The summed E-state index contributed by atoms with van der Waals surface area (Å²) in [4.78, 5) is 12.9. The number of anilines is 1. The fourth-order valence-electron chi connectivity index (χ4n) is 2.90. The molecule has 1 atom stereocenters. The number of aliphatic hydroxyl groups is 1. The maximum absolute atomic E-state index is 10.3. The number of aromatic nitrogens is 2. The molecule has 2 aromatic rings. The van der Waals surface area contributed by atoms with Crippen LogP contribution in [0.3, 0.4) is 0 Å². The molecule has 3 rings (SSSR count). The first-order valence-electron chi connectivity index (χ1n) is 8.65. The lowest BCUT2D eigenvalue weighted by molar-refractivity contribution is 0.0663. The van der Waals surface area contributed by atoms with E-state index in [9.17, 15) is 5.11 Å². The van der Waals surface area contributed by atoms with E-state index >= 15 is 0 Å². The Hall–Kier alpha value is -1.80. The lowest BCUT2D eigenvalue weighted by Gasteiger charge is -2.36. The zero-order valence-corrected chi connectivity index (χ0v) is 16.5. The molecule has 0 saturated carbocycles. The molecule has 0 bridgehead atoms. The maximum atomic E-state index is 10.3. The second-order valence-corrected chi connectivity index (χ2v) is 7.04. The van der Waals surface area contributed by atoms with Crippen molar-refractivity contribution in [2.45, 2.75) is 6.10 Å². The number of aliphatic hydroxyl groups excluding tert-OH is 1. The van der Waals surface area contributed by atoms with Crippen molar-refractivity contribution in [2.24, 2.45) is 0 Å². The van der Waals surface area contributed by atoms with Crippen LogP contribution in [0.4, 0.5) is 5.82 Å². The number of benzene rings is 1. The second kappa shape index (κ2) is 9.41. The van der Waals surface area contributed by atoms with Gasteiger partial charge in [0.15, 0.2) is 11.6 Å². The van der Waals surface area contributed by atoms with E-state index in [0.717, 1.165) is 32.0 Å². The topological polar surface area (TPSA) is 71.0 Å². The van der Waals surface area contributed by atoms with Gasteiger partial charge in [-0.3, -0.25) is 9.88 Å². The molecule has 2 heterocycles. The first-order valence-corrected chi connectivity index (χ1v) is 9.40. The molecule has 1 aliphatic heterocycles. The monoisotopic (exact) mass is 412 g/mol. The number of rotatable bonds is 7. The Morgan fingerprint density at radius 1 is 1.15 bits per heavy atom. The molecule has 1 aliphatic rings. The Kier molecular flexibility index (Phi) is 6.95. The van der Waals surface area contributed by atoms with Gasteiger partial charge in [0.25, 0.3) is 0 Å². The molecule has 0 amide bonds. The average Bonchev–Trinajstić information content (AvgIpc) is 2.68. The van der Waals surface area contributed by atoms with E-state index in [1.807, 2.05) is 0 Å². The highest BCUT2D eigenvalue weighted by Crippen LogP contribution is 2.32. The molecule has 1 saturated heterocycles. The number of nitrogens with zero attached hydrogens (tertiary/aromatic N) is 4. The lowest BCUT2D eigenvalue weighted by atomic mass is 10.2. The number of hydrogen-bond donors (Lipinski definition) is 1. The summed E-state index contributed by atoms with van der Waals surface area (Å²) in [6, 6.07) is 5.16. The van der Waals surface area contributed by atoms with Crippen LogP contribution in [0.5, 0.6) is 11.6 Å². The van der Waals surface area contributed by atoms with Gasteiger partial charge in [0.1, 0.15) is 12.7 Å². The first-order chi connectivity index (χ1) is 13.1. The van der Waals surface area contributed by atoms with Crippen molar-refractivity contribution >= 4 is 29.0 Å². The smallest absolute Gasteiger partial charge is 0.233 e. The summed E-state index contributed by atoms with van der Waals surface area (Å²) < 4.78 is 10.7. The maximum Gasteiger partial charge on any atom is 0.233 e. The van der Waals surface area contributed by atoms with Crippen LogP contribution in [0.2, 0.25) is 10.0 Å². The zero-order chi connectivity index (χ0) is 19.2. The standard InChI is InChI=1S/C18H22Cl2N4O3/c1-26-17-10-21-9-16(22-17)24-7-5-23(6-8-24)11-13(25)12-27-18-14(19)3-2-4-15(18)20/h2-4,9-10,13,25H,5-8,11-12H2,1H3. The molecule has 146 valence electrons. The van der Waals surface area contributed by atoms with Crippen LogP contribution in [0, 0.1) is 0 Å². The minimum absolute atomic E-state index is 0.130. The third-order valence-electron chi connectivity index (χ3n) is 4.31. The van der Waals surface area contributed by atoms with Crippen molar-refractivity contribution in [2.75, 3.05) is 51.3 Å². The molecule has 1 unspecified atom stereocenters. The number of ether oxygens (including phenoxy) is 2. The van der Waals surface area contributed by atoms with Crippen molar-refractivity contribution in [1.29, 1.82) is 0 Å². The van der Waals surface area contributed by atoms with Crippen molar-refractivity contribution in [3.05, 3.63) is 40.6 Å². The van der Waals surface area contributed by atoms with Gasteiger partial charge in [-0.15, -0.1) is 0 Å². The third-order valence-corrected chi connectivity index (χ3v) is 4.91. The fraction of sp³-hybridized carbons (Fsp3) is 0.444. The third kappa shape index (κ3) is 5.35. The molecule has 7 nitrogen and oxygen atoms in total. The van der Waals surface area contributed by atoms with Gasteiger partial charge in [-0.2, -0.15) is 4.98 Å². The molecule has 1 aromatic carbocycles. The highest BCUT2D eigenvalue weighted by Gasteiger charge is 2.21. The number of methoxy groups -OCH3 is 1. The summed E-state index contributed by atoms with van der Waals surface area (Å²) in [6.07, 6.45) is 2.68. The van der Waals surface area contributed by atoms with E-state index in [-0.39, 0.29) is 6.61 Å². The van der Waals surface area contributed by atoms with E-state index in [2.05, 4.69) is 19.8 Å². The van der Waals surface area contributed by atoms with Gasteiger partial charge in [-0.25, -0.2) is 0 Å². The van der Waals surface area contributed by atoms with Crippen molar-refractivity contribution in [3.63, 3.8) is 0 Å². The van der Waals surface area contributed by atoms with Crippen LogP contribution in [0.15, 0.2) is 30.6 Å². The molecule has 1 N–H and O–H groups in total. The van der Waals surface area contributed by atoms with E-state index in [1.165, 1.54) is 0 Å². The van der Waals surface area contributed by atoms with Gasteiger partial charge < -0.3 is 19.5 Å². The Balaban J connectivity index is 1.46. The van der Waals surface area contributed by atoms with Crippen LogP contribution in [0.1, 0.15) is 0 Å². The minimum Gasteiger partial charge on any atom is -0.488 e. The van der Waals surface area contributed by atoms with Gasteiger partial charge in [0.2, 0.25) is 5.88 Å². The van der Waals surface area contributed by atoms with Crippen molar-refractivity contribution < 1.29 is 14.6 Å². The van der Waals surface area contributed by atoms with Crippen LogP contribution in [0.25, 0.3) is 0 Å². The number of hydrogen-bond acceptors (Lipinski definition) is 7.